The van der Waals surface area contributed by atoms with E-state index in [-0.39, 0.29) is 17.9 Å². The molecule has 1 aliphatic rings. The van der Waals surface area contributed by atoms with Crippen LogP contribution in [0, 0.1) is 0 Å². The predicted molar refractivity (Wildman–Crippen MR) is 82.1 cm³/mol. The molecule has 0 aromatic heterocycles. The summed E-state index contributed by atoms with van der Waals surface area (Å²) in [4.78, 5) is 24.0. The molecule has 0 aliphatic carbocycles. The zero-order valence-electron chi connectivity index (χ0n) is 12.8. The summed E-state index contributed by atoms with van der Waals surface area (Å²) in [6.07, 6.45) is 0.991. The zero-order chi connectivity index (χ0) is 15.4. The van der Waals surface area contributed by atoms with Crippen molar-refractivity contribution in [1.29, 1.82) is 0 Å². The predicted octanol–water partition coefficient (Wildman–Crippen LogP) is 0.975. The summed E-state index contributed by atoms with van der Waals surface area (Å²) in [5, 5.41) is 8.81. The van der Waals surface area contributed by atoms with Crippen LogP contribution in [0.5, 0.6) is 0 Å². The minimum Gasteiger partial charge on any atom is -0.352 e. The monoisotopic (exact) mass is 289 g/mol. The summed E-state index contributed by atoms with van der Waals surface area (Å²) < 4.78 is 0. The maximum Gasteiger partial charge on any atom is 0.251 e. The van der Waals surface area contributed by atoms with Crippen LogP contribution < -0.4 is 16.0 Å². The van der Waals surface area contributed by atoms with Gasteiger partial charge in [0, 0.05) is 18.2 Å². The quantitative estimate of drug-likeness (QED) is 0.774. The summed E-state index contributed by atoms with van der Waals surface area (Å²) in [5.74, 6) is -0.382. The highest BCUT2D eigenvalue weighted by atomic mass is 16.2. The van der Waals surface area contributed by atoms with Gasteiger partial charge in [-0.1, -0.05) is 6.07 Å². The SMILES string of the molecule is CC(C)NC(=O)C(C)NC(=O)c1ccc2c(c1)CNCC2. The molecule has 2 amide bonds. The van der Waals surface area contributed by atoms with Crippen molar-refractivity contribution in [3.8, 4) is 0 Å². The number of benzene rings is 1. The van der Waals surface area contributed by atoms with Crippen molar-refractivity contribution in [3.63, 3.8) is 0 Å². The highest BCUT2D eigenvalue weighted by molar-refractivity contribution is 5.97. The van der Waals surface area contributed by atoms with E-state index >= 15 is 0 Å². The van der Waals surface area contributed by atoms with Crippen molar-refractivity contribution in [1.82, 2.24) is 16.0 Å². The standard InChI is InChI=1S/C16H23N3O2/c1-10(2)18-15(20)11(3)19-16(21)13-5-4-12-6-7-17-9-14(12)8-13/h4-5,8,10-11,17H,6-7,9H2,1-3H3,(H,18,20)(H,19,21). The summed E-state index contributed by atoms with van der Waals surface area (Å²) in [5.41, 5.74) is 3.05. The van der Waals surface area contributed by atoms with Crippen molar-refractivity contribution in [2.45, 2.75) is 45.8 Å². The molecule has 5 nitrogen and oxygen atoms in total. The highest BCUT2D eigenvalue weighted by Crippen LogP contribution is 2.15. The molecule has 0 saturated carbocycles. The molecule has 21 heavy (non-hydrogen) atoms. The Hall–Kier alpha value is -1.88. The molecule has 3 N–H and O–H groups in total. The van der Waals surface area contributed by atoms with Crippen LogP contribution >= 0.6 is 0 Å². The van der Waals surface area contributed by atoms with Gasteiger partial charge in [-0.25, -0.2) is 0 Å². The van der Waals surface area contributed by atoms with E-state index in [1.54, 1.807) is 6.92 Å². The fraction of sp³-hybridized carbons (Fsp3) is 0.500. The topological polar surface area (TPSA) is 70.2 Å². The molecule has 0 radical (unpaired) electrons. The maximum absolute atomic E-state index is 12.2. The van der Waals surface area contributed by atoms with E-state index in [0.29, 0.717) is 5.56 Å². The Morgan fingerprint density at radius 3 is 2.62 bits per heavy atom. The van der Waals surface area contributed by atoms with Gasteiger partial charge in [-0.3, -0.25) is 9.59 Å². The molecular weight excluding hydrogens is 266 g/mol. The van der Waals surface area contributed by atoms with Gasteiger partial charge in [-0.15, -0.1) is 0 Å². The molecule has 1 unspecified atom stereocenters. The molecule has 0 spiro atoms. The Balaban J connectivity index is 2.01. The van der Waals surface area contributed by atoms with Crippen LogP contribution in [-0.2, 0) is 17.8 Å². The molecule has 1 aliphatic heterocycles. The van der Waals surface area contributed by atoms with Gasteiger partial charge in [0.2, 0.25) is 5.91 Å². The van der Waals surface area contributed by atoms with Gasteiger partial charge in [-0.2, -0.15) is 0 Å². The first kappa shape index (κ1) is 15.5. The lowest BCUT2D eigenvalue weighted by Gasteiger charge is -2.19. The number of amides is 2. The van der Waals surface area contributed by atoms with Crippen molar-refractivity contribution in [2.24, 2.45) is 0 Å². The summed E-state index contributed by atoms with van der Waals surface area (Å²) in [6, 6.07) is 5.25. The molecule has 0 saturated heterocycles. The first-order valence-corrected chi connectivity index (χ1v) is 7.41. The highest BCUT2D eigenvalue weighted by Gasteiger charge is 2.18. The van der Waals surface area contributed by atoms with E-state index in [9.17, 15) is 9.59 Å². The zero-order valence-corrected chi connectivity index (χ0v) is 12.8. The Morgan fingerprint density at radius 1 is 1.14 bits per heavy atom. The third-order valence-electron chi connectivity index (χ3n) is 3.53. The van der Waals surface area contributed by atoms with Crippen molar-refractivity contribution in [2.75, 3.05) is 6.54 Å². The van der Waals surface area contributed by atoms with Gasteiger partial charge < -0.3 is 16.0 Å². The van der Waals surface area contributed by atoms with Gasteiger partial charge in [0.05, 0.1) is 0 Å². The van der Waals surface area contributed by atoms with Crippen LogP contribution in [0.4, 0.5) is 0 Å². The third-order valence-corrected chi connectivity index (χ3v) is 3.53. The van der Waals surface area contributed by atoms with E-state index in [0.717, 1.165) is 25.1 Å². The van der Waals surface area contributed by atoms with Gasteiger partial charge in [0.1, 0.15) is 6.04 Å². The van der Waals surface area contributed by atoms with Crippen molar-refractivity contribution >= 4 is 11.8 Å². The number of hydrogen-bond donors (Lipinski definition) is 3. The summed E-state index contributed by atoms with van der Waals surface area (Å²) in [7, 11) is 0. The minimum absolute atomic E-state index is 0.0617. The van der Waals surface area contributed by atoms with E-state index in [2.05, 4.69) is 16.0 Å². The molecule has 2 rings (SSSR count). The second-order valence-corrected chi connectivity index (χ2v) is 5.77. The molecule has 5 heteroatoms. The van der Waals surface area contributed by atoms with Crippen LogP contribution in [-0.4, -0.2) is 30.4 Å². The van der Waals surface area contributed by atoms with Crippen molar-refractivity contribution in [3.05, 3.63) is 34.9 Å². The van der Waals surface area contributed by atoms with Gasteiger partial charge in [0.15, 0.2) is 0 Å². The summed E-state index contributed by atoms with van der Waals surface area (Å²) >= 11 is 0. The molecule has 1 heterocycles. The Bertz CT molecular complexity index is 540. The van der Waals surface area contributed by atoms with Crippen LogP contribution in [0.3, 0.4) is 0 Å². The second-order valence-electron chi connectivity index (χ2n) is 5.77. The Labute approximate surface area is 125 Å². The first-order valence-electron chi connectivity index (χ1n) is 7.41. The Kier molecular flexibility index (Phi) is 4.96. The largest absolute Gasteiger partial charge is 0.352 e. The number of nitrogens with one attached hydrogen (secondary N) is 3. The lowest BCUT2D eigenvalue weighted by Crippen LogP contribution is -2.46. The third kappa shape index (κ3) is 4.04. The minimum atomic E-state index is -0.547. The molecule has 0 fully saturated rings. The molecular formula is C16H23N3O2. The Morgan fingerprint density at radius 2 is 1.90 bits per heavy atom. The van der Waals surface area contributed by atoms with Crippen LogP contribution in [0.2, 0.25) is 0 Å². The summed E-state index contributed by atoms with van der Waals surface area (Å²) in [6.45, 7) is 7.24. The average Bonchev–Trinajstić information content (AvgIpc) is 2.45. The van der Waals surface area contributed by atoms with E-state index in [4.69, 9.17) is 0 Å². The lowest BCUT2D eigenvalue weighted by molar-refractivity contribution is -0.123. The molecule has 0 bridgehead atoms. The van der Waals surface area contributed by atoms with E-state index < -0.39 is 6.04 Å². The lowest BCUT2D eigenvalue weighted by atomic mass is 9.98. The molecule has 1 aromatic rings. The fourth-order valence-corrected chi connectivity index (χ4v) is 2.38. The average molecular weight is 289 g/mol. The number of carbonyl (C=O) groups excluding carboxylic acids is 2. The smallest absolute Gasteiger partial charge is 0.251 e. The van der Waals surface area contributed by atoms with Crippen LogP contribution in [0.15, 0.2) is 18.2 Å². The molecule has 1 aromatic carbocycles. The number of hydrogen-bond acceptors (Lipinski definition) is 3. The van der Waals surface area contributed by atoms with Crippen LogP contribution in [0.1, 0.15) is 42.3 Å². The number of rotatable bonds is 4. The molecule has 1 atom stereocenters. The number of fused-ring (bicyclic) bond motifs is 1. The maximum atomic E-state index is 12.2. The van der Waals surface area contributed by atoms with Crippen molar-refractivity contribution < 1.29 is 9.59 Å². The van der Waals surface area contributed by atoms with Gasteiger partial charge in [-0.05, 0) is 57.0 Å². The fourth-order valence-electron chi connectivity index (χ4n) is 2.38. The number of carbonyl (C=O) groups is 2. The second kappa shape index (κ2) is 6.72. The van der Waals surface area contributed by atoms with E-state index in [1.807, 2.05) is 32.0 Å². The van der Waals surface area contributed by atoms with Gasteiger partial charge in [0.25, 0.3) is 5.91 Å². The normalized spacial score (nSPS) is 15.2. The van der Waals surface area contributed by atoms with Crippen LogP contribution in [0.25, 0.3) is 0 Å². The first-order chi connectivity index (χ1) is 9.97. The van der Waals surface area contributed by atoms with Gasteiger partial charge >= 0.3 is 0 Å². The van der Waals surface area contributed by atoms with E-state index in [1.165, 1.54) is 5.56 Å². The molecule has 114 valence electrons.